The van der Waals surface area contributed by atoms with Gasteiger partial charge < -0.3 is 19.3 Å². The first-order valence-electron chi connectivity index (χ1n) is 7.67. The minimum Gasteiger partial charge on any atom is -0.491 e. The van der Waals surface area contributed by atoms with E-state index in [-0.39, 0.29) is 30.4 Å². The fraction of sp³-hybridized carbons (Fsp3) is 0.588. The molecule has 1 aromatic carbocycles. The van der Waals surface area contributed by atoms with Crippen molar-refractivity contribution in [2.75, 3.05) is 20.3 Å². The number of rotatable bonds is 6. The molecule has 128 valence electrons. The van der Waals surface area contributed by atoms with Crippen LogP contribution in [0, 0.1) is 18.7 Å². The van der Waals surface area contributed by atoms with Gasteiger partial charge in [0, 0.05) is 24.2 Å². The van der Waals surface area contributed by atoms with Crippen molar-refractivity contribution in [1.82, 2.24) is 0 Å². The largest absolute Gasteiger partial charge is 0.491 e. The monoisotopic (exact) mass is 326 g/mol. The molecule has 23 heavy (non-hydrogen) atoms. The van der Waals surface area contributed by atoms with Gasteiger partial charge in [-0.2, -0.15) is 0 Å². The van der Waals surface area contributed by atoms with E-state index in [1.54, 1.807) is 20.1 Å². The fourth-order valence-corrected chi connectivity index (χ4v) is 3.04. The molecule has 4 atom stereocenters. The predicted molar refractivity (Wildman–Crippen MR) is 82.4 cm³/mol. The van der Waals surface area contributed by atoms with Crippen LogP contribution < -0.4 is 4.74 Å². The fourth-order valence-electron chi connectivity index (χ4n) is 3.04. The van der Waals surface area contributed by atoms with Gasteiger partial charge in [-0.25, -0.2) is 9.18 Å². The lowest BCUT2D eigenvalue weighted by molar-refractivity contribution is -0.149. The molecule has 1 aliphatic heterocycles. The molecule has 0 bridgehead atoms. The van der Waals surface area contributed by atoms with Crippen LogP contribution in [0.2, 0.25) is 0 Å². The van der Waals surface area contributed by atoms with Crippen LogP contribution in [0.1, 0.15) is 30.9 Å². The van der Waals surface area contributed by atoms with E-state index in [9.17, 15) is 14.3 Å². The molecule has 1 saturated heterocycles. The molecular formula is C17H23FO5. The highest BCUT2D eigenvalue weighted by Gasteiger charge is 2.45. The third kappa shape index (κ3) is 3.48. The van der Waals surface area contributed by atoms with Crippen LogP contribution in [-0.4, -0.2) is 43.6 Å². The zero-order valence-corrected chi connectivity index (χ0v) is 13.8. The van der Waals surface area contributed by atoms with Crippen molar-refractivity contribution in [3.8, 4) is 5.75 Å². The summed E-state index contributed by atoms with van der Waals surface area (Å²) in [5.41, 5.74) is 1.04. The van der Waals surface area contributed by atoms with E-state index in [2.05, 4.69) is 0 Å². The summed E-state index contributed by atoms with van der Waals surface area (Å²) in [5, 5.41) is 9.45. The Bertz CT molecular complexity index is 574. The molecule has 0 amide bonds. The van der Waals surface area contributed by atoms with Gasteiger partial charge in [-0.05, 0) is 25.8 Å². The molecule has 5 nitrogen and oxygen atoms in total. The van der Waals surface area contributed by atoms with Crippen LogP contribution in [0.3, 0.4) is 0 Å². The normalized spacial score (nSPS) is 27.2. The van der Waals surface area contributed by atoms with Gasteiger partial charge in [0.05, 0.1) is 12.7 Å². The molecule has 1 heterocycles. The number of carboxylic acids is 1. The van der Waals surface area contributed by atoms with Gasteiger partial charge in [0.1, 0.15) is 18.2 Å². The number of aliphatic carboxylic acids is 1. The van der Waals surface area contributed by atoms with E-state index < -0.39 is 12.1 Å². The second kappa shape index (κ2) is 7.27. The molecular weight excluding hydrogens is 303 g/mol. The number of carbonyl (C=O) groups is 1. The summed E-state index contributed by atoms with van der Waals surface area (Å²) < 4.78 is 30.2. The zero-order valence-electron chi connectivity index (χ0n) is 13.8. The number of ether oxygens (including phenoxy) is 3. The van der Waals surface area contributed by atoms with Crippen LogP contribution >= 0.6 is 0 Å². The van der Waals surface area contributed by atoms with Crippen LogP contribution in [0.5, 0.6) is 5.75 Å². The molecule has 0 saturated carbocycles. The quantitative estimate of drug-likeness (QED) is 0.814. The van der Waals surface area contributed by atoms with E-state index in [0.29, 0.717) is 23.5 Å². The van der Waals surface area contributed by atoms with Gasteiger partial charge in [0.15, 0.2) is 6.10 Å². The van der Waals surface area contributed by atoms with E-state index in [1.807, 2.05) is 13.8 Å². The number of halogens is 1. The highest BCUT2D eigenvalue weighted by molar-refractivity contribution is 5.75. The van der Waals surface area contributed by atoms with Crippen molar-refractivity contribution in [3.63, 3.8) is 0 Å². The summed E-state index contributed by atoms with van der Waals surface area (Å²) >= 11 is 0. The number of methoxy groups -OCH3 is 1. The Morgan fingerprint density at radius 3 is 2.65 bits per heavy atom. The number of benzene rings is 1. The van der Waals surface area contributed by atoms with E-state index in [0.717, 1.165) is 0 Å². The minimum absolute atomic E-state index is 0.0225. The van der Waals surface area contributed by atoms with Gasteiger partial charge in [-0.3, -0.25) is 0 Å². The first-order valence-corrected chi connectivity index (χ1v) is 7.67. The maximum absolute atomic E-state index is 13.9. The average Bonchev–Trinajstić information content (AvgIpc) is 2.80. The summed E-state index contributed by atoms with van der Waals surface area (Å²) in [5.74, 6) is -1.42. The molecule has 0 spiro atoms. The first kappa shape index (κ1) is 17.7. The van der Waals surface area contributed by atoms with Gasteiger partial charge in [0.25, 0.3) is 0 Å². The molecule has 6 heteroatoms. The molecule has 3 unspecified atom stereocenters. The van der Waals surface area contributed by atoms with Crippen molar-refractivity contribution in [2.45, 2.75) is 38.9 Å². The SMILES string of the molecule is COCCOc1c(C2C(C(=O)O)OC(C)[C@H]2C)ccc(F)c1C. The van der Waals surface area contributed by atoms with Crippen LogP contribution in [0.25, 0.3) is 0 Å². The summed E-state index contributed by atoms with van der Waals surface area (Å²) in [6.45, 7) is 6.05. The Morgan fingerprint density at radius 2 is 2.04 bits per heavy atom. The smallest absolute Gasteiger partial charge is 0.333 e. The van der Waals surface area contributed by atoms with Crippen LogP contribution in [0.4, 0.5) is 4.39 Å². The van der Waals surface area contributed by atoms with Gasteiger partial charge in [0.2, 0.25) is 0 Å². The second-order valence-electron chi connectivity index (χ2n) is 5.92. The summed E-state index contributed by atoms with van der Waals surface area (Å²) in [4.78, 5) is 11.5. The zero-order chi connectivity index (χ0) is 17.1. The highest BCUT2D eigenvalue weighted by Crippen LogP contribution is 2.44. The number of hydrogen-bond donors (Lipinski definition) is 1. The molecule has 2 rings (SSSR count). The molecule has 1 N–H and O–H groups in total. The Balaban J connectivity index is 2.44. The van der Waals surface area contributed by atoms with Crippen molar-refractivity contribution in [2.24, 2.45) is 5.92 Å². The standard InChI is InChI=1S/C17H23FO5/c1-9-11(3)23-16(17(19)20)14(9)12-5-6-13(18)10(2)15(12)22-8-7-21-4/h5-6,9,11,14,16H,7-8H2,1-4H3,(H,19,20)/t9-,11?,14?,16?/m1/s1. The lowest BCUT2D eigenvalue weighted by Gasteiger charge is -2.23. The van der Waals surface area contributed by atoms with Crippen LogP contribution in [0.15, 0.2) is 12.1 Å². The Hall–Kier alpha value is -1.66. The summed E-state index contributed by atoms with van der Waals surface area (Å²) in [6.07, 6.45) is -1.16. The van der Waals surface area contributed by atoms with Gasteiger partial charge in [-0.1, -0.05) is 13.0 Å². The Morgan fingerprint density at radius 1 is 1.35 bits per heavy atom. The van der Waals surface area contributed by atoms with Crippen LogP contribution in [-0.2, 0) is 14.3 Å². The van der Waals surface area contributed by atoms with Crippen molar-refractivity contribution >= 4 is 5.97 Å². The maximum Gasteiger partial charge on any atom is 0.333 e. The van der Waals surface area contributed by atoms with Crippen molar-refractivity contribution in [1.29, 1.82) is 0 Å². The second-order valence-corrected chi connectivity index (χ2v) is 5.92. The van der Waals surface area contributed by atoms with Crippen molar-refractivity contribution < 1.29 is 28.5 Å². The summed E-state index contributed by atoms with van der Waals surface area (Å²) in [7, 11) is 1.55. The Kier molecular flexibility index (Phi) is 5.59. The van der Waals surface area contributed by atoms with Crippen molar-refractivity contribution in [3.05, 3.63) is 29.1 Å². The van der Waals surface area contributed by atoms with E-state index in [4.69, 9.17) is 14.2 Å². The Labute approximate surface area is 135 Å². The molecule has 1 aromatic rings. The number of hydrogen-bond acceptors (Lipinski definition) is 4. The third-order valence-electron chi connectivity index (χ3n) is 4.50. The molecule has 1 aliphatic rings. The van der Waals surface area contributed by atoms with E-state index >= 15 is 0 Å². The maximum atomic E-state index is 13.9. The number of carboxylic acid groups (broad SMARTS) is 1. The molecule has 0 aliphatic carbocycles. The summed E-state index contributed by atoms with van der Waals surface area (Å²) in [6, 6.07) is 2.95. The molecule has 0 aromatic heterocycles. The predicted octanol–water partition coefficient (Wildman–Crippen LogP) is 2.75. The topological polar surface area (TPSA) is 65.0 Å². The lowest BCUT2D eigenvalue weighted by atomic mass is 9.82. The highest BCUT2D eigenvalue weighted by atomic mass is 19.1. The van der Waals surface area contributed by atoms with Gasteiger partial charge in [-0.15, -0.1) is 0 Å². The first-order chi connectivity index (χ1) is 10.9. The average molecular weight is 326 g/mol. The molecule has 0 radical (unpaired) electrons. The molecule has 1 fully saturated rings. The minimum atomic E-state index is -1.02. The lowest BCUT2D eigenvalue weighted by Crippen LogP contribution is -2.27. The van der Waals surface area contributed by atoms with E-state index in [1.165, 1.54) is 6.07 Å². The third-order valence-corrected chi connectivity index (χ3v) is 4.50. The van der Waals surface area contributed by atoms with Gasteiger partial charge >= 0.3 is 5.97 Å².